The lowest BCUT2D eigenvalue weighted by Crippen LogP contribution is -2.21. The summed E-state index contributed by atoms with van der Waals surface area (Å²) >= 11 is 5.90. The van der Waals surface area contributed by atoms with Gasteiger partial charge in [-0.25, -0.2) is 0 Å². The van der Waals surface area contributed by atoms with Crippen LogP contribution in [0.2, 0.25) is 5.02 Å². The number of nitriles is 1. The summed E-state index contributed by atoms with van der Waals surface area (Å²) in [6.45, 7) is -0.441. The predicted octanol–water partition coefficient (Wildman–Crippen LogP) is 2.95. The molecule has 140 valence electrons. The Labute approximate surface area is 161 Å². The smallest absolute Gasteiger partial charge is 0.310 e. The van der Waals surface area contributed by atoms with Gasteiger partial charge in [-0.1, -0.05) is 17.7 Å². The Morgan fingerprint density at radius 2 is 1.85 bits per heavy atom. The summed E-state index contributed by atoms with van der Waals surface area (Å²) in [6.07, 6.45) is -0.0175. The third-order valence-electron chi connectivity index (χ3n) is 3.53. The molecule has 0 fully saturated rings. The highest BCUT2D eigenvalue weighted by Crippen LogP contribution is 2.27. The molecular formula is C19H17ClN2O5. The third kappa shape index (κ3) is 5.62. The zero-order valence-corrected chi connectivity index (χ0v) is 15.5. The van der Waals surface area contributed by atoms with E-state index < -0.39 is 18.5 Å². The number of carbonyl (C=O) groups excluding carboxylic acids is 2. The number of anilines is 1. The molecule has 1 N–H and O–H groups in total. The largest absolute Gasteiger partial charge is 0.493 e. The van der Waals surface area contributed by atoms with E-state index in [4.69, 9.17) is 31.1 Å². The van der Waals surface area contributed by atoms with Crippen molar-refractivity contribution >= 4 is 29.2 Å². The van der Waals surface area contributed by atoms with E-state index in [1.807, 2.05) is 6.07 Å². The number of hydrogen-bond acceptors (Lipinski definition) is 6. The van der Waals surface area contributed by atoms with Crippen molar-refractivity contribution in [3.8, 4) is 17.6 Å². The molecule has 0 aromatic heterocycles. The van der Waals surface area contributed by atoms with Crippen LogP contribution in [0.5, 0.6) is 11.5 Å². The molecule has 7 nitrogen and oxygen atoms in total. The number of methoxy groups -OCH3 is 2. The molecule has 0 unspecified atom stereocenters. The van der Waals surface area contributed by atoms with Crippen LogP contribution in [0.4, 0.5) is 5.69 Å². The number of nitrogens with zero attached hydrogens (tertiary/aromatic N) is 1. The molecule has 8 heteroatoms. The second-order valence-corrected chi connectivity index (χ2v) is 5.79. The summed E-state index contributed by atoms with van der Waals surface area (Å²) in [6, 6.07) is 11.5. The van der Waals surface area contributed by atoms with E-state index in [1.54, 1.807) is 18.2 Å². The summed E-state index contributed by atoms with van der Waals surface area (Å²) in [5, 5.41) is 11.6. The number of benzene rings is 2. The summed E-state index contributed by atoms with van der Waals surface area (Å²) in [4.78, 5) is 23.8. The van der Waals surface area contributed by atoms with Gasteiger partial charge >= 0.3 is 5.97 Å². The first-order valence-corrected chi connectivity index (χ1v) is 8.20. The summed E-state index contributed by atoms with van der Waals surface area (Å²) in [5.74, 6) is -0.0278. The second-order valence-electron chi connectivity index (χ2n) is 5.38. The molecule has 0 saturated heterocycles. The number of rotatable bonds is 7. The standard InChI is InChI=1S/C19H17ClN2O5/c1-25-16-6-3-12(7-17(16)26-2)8-19(24)27-11-18(23)22-14-5-4-13(10-21)15(20)9-14/h3-7,9H,8,11H2,1-2H3,(H,22,23). The monoisotopic (exact) mass is 388 g/mol. The molecule has 2 aromatic carbocycles. The molecule has 0 heterocycles. The van der Waals surface area contributed by atoms with E-state index >= 15 is 0 Å². The zero-order chi connectivity index (χ0) is 19.8. The summed E-state index contributed by atoms with van der Waals surface area (Å²) in [7, 11) is 3.02. The Bertz CT molecular complexity index is 892. The Kier molecular flexibility index (Phi) is 7.03. The van der Waals surface area contributed by atoms with Gasteiger partial charge in [0.15, 0.2) is 18.1 Å². The lowest BCUT2D eigenvalue weighted by molar-refractivity contribution is -0.146. The Balaban J connectivity index is 1.87. The third-order valence-corrected chi connectivity index (χ3v) is 3.85. The Hall–Kier alpha value is -3.24. The lowest BCUT2D eigenvalue weighted by atomic mass is 10.1. The molecule has 2 aromatic rings. The van der Waals surface area contributed by atoms with E-state index in [0.29, 0.717) is 28.3 Å². The highest BCUT2D eigenvalue weighted by Gasteiger charge is 2.12. The highest BCUT2D eigenvalue weighted by atomic mass is 35.5. The molecule has 0 aliphatic carbocycles. The first kappa shape index (κ1) is 20.1. The SMILES string of the molecule is COc1ccc(CC(=O)OCC(=O)Nc2ccc(C#N)c(Cl)c2)cc1OC. The van der Waals surface area contributed by atoms with Gasteiger partial charge in [-0.15, -0.1) is 0 Å². The number of amides is 1. The van der Waals surface area contributed by atoms with E-state index in [-0.39, 0.29) is 11.4 Å². The van der Waals surface area contributed by atoms with Crippen molar-refractivity contribution in [2.75, 3.05) is 26.1 Å². The number of nitrogens with one attached hydrogen (secondary N) is 1. The Morgan fingerprint density at radius 3 is 2.48 bits per heavy atom. The van der Waals surface area contributed by atoms with Crippen molar-refractivity contribution in [2.45, 2.75) is 6.42 Å². The molecule has 0 radical (unpaired) electrons. The van der Waals surface area contributed by atoms with E-state index in [2.05, 4.69) is 5.32 Å². The molecule has 0 atom stereocenters. The summed E-state index contributed by atoms with van der Waals surface area (Å²) < 4.78 is 15.3. The van der Waals surface area contributed by atoms with Crippen molar-refractivity contribution in [2.24, 2.45) is 0 Å². The van der Waals surface area contributed by atoms with Gasteiger partial charge < -0.3 is 19.5 Å². The average molecular weight is 389 g/mol. The van der Waals surface area contributed by atoms with E-state index in [0.717, 1.165) is 0 Å². The van der Waals surface area contributed by atoms with Crippen molar-refractivity contribution in [1.82, 2.24) is 0 Å². The van der Waals surface area contributed by atoms with Gasteiger partial charge in [0, 0.05) is 5.69 Å². The second kappa shape index (κ2) is 9.46. The van der Waals surface area contributed by atoms with Crippen LogP contribution in [0, 0.1) is 11.3 Å². The number of esters is 1. The van der Waals surface area contributed by atoms with Crippen LogP contribution in [0.3, 0.4) is 0 Å². The van der Waals surface area contributed by atoms with Gasteiger partial charge in [0.1, 0.15) is 6.07 Å². The molecular weight excluding hydrogens is 372 g/mol. The predicted molar refractivity (Wildman–Crippen MR) is 99.0 cm³/mol. The fraction of sp³-hybridized carbons (Fsp3) is 0.211. The van der Waals surface area contributed by atoms with E-state index in [9.17, 15) is 9.59 Å². The van der Waals surface area contributed by atoms with Crippen molar-refractivity contribution in [3.63, 3.8) is 0 Å². The van der Waals surface area contributed by atoms with Gasteiger partial charge in [0.25, 0.3) is 5.91 Å². The van der Waals surface area contributed by atoms with Gasteiger partial charge in [-0.3, -0.25) is 9.59 Å². The maximum Gasteiger partial charge on any atom is 0.310 e. The fourth-order valence-electron chi connectivity index (χ4n) is 2.23. The normalized spacial score (nSPS) is 9.85. The van der Waals surface area contributed by atoms with Crippen LogP contribution in [0.25, 0.3) is 0 Å². The van der Waals surface area contributed by atoms with Crippen LogP contribution >= 0.6 is 11.6 Å². The number of halogens is 1. The molecule has 0 saturated carbocycles. The number of ether oxygens (including phenoxy) is 3. The first-order valence-electron chi connectivity index (χ1n) is 7.83. The molecule has 1 amide bonds. The minimum atomic E-state index is -0.560. The quantitative estimate of drug-likeness (QED) is 0.732. The Morgan fingerprint density at radius 1 is 1.11 bits per heavy atom. The van der Waals surface area contributed by atoms with Gasteiger partial charge in [0.2, 0.25) is 0 Å². The first-order chi connectivity index (χ1) is 13.0. The van der Waals surface area contributed by atoms with Crippen molar-refractivity contribution in [3.05, 3.63) is 52.5 Å². The number of carbonyl (C=O) groups is 2. The van der Waals surface area contributed by atoms with Crippen molar-refractivity contribution in [1.29, 1.82) is 5.26 Å². The van der Waals surface area contributed by atoms with Gasteiger partial charge in [-0.2, -0.15) is 5.26 Å². The topological polar surface area (TPSA) is 97.6 Å². The fourth-order valence-corrected chi connectivity index (χ4v) is 2.46. The summed E-state index contributed by atoms with van der Waals surface area (Å²) in [5.41, 5.74) is 1.37. The van der Waals surface area contributed by atoms with E-state index in [1.165, 1.54) is 32.4 Å². The van der Waals surface area contributed by atoms with Crippen LogP contribution in [0.1, 0.15) is 11.1 Å². The lowest BCUT2D eigenvalue weighted by Gasteiger charge is -2.10. The van der Waals surface area contributed by atoms with Gasteiger partial charge in [0.05, 0.1) is 31.2 Å². The van der Waals surface area contributed by atoms with Crippen LogP contribution in [0.15, 0.2) is 36.4 Å². The maximum absolute atomic E-state index is 11.9. The number of hydrogen-bond donors (Lipinski definition) is 1. The molecule has 0 spiro atoms. The van der Waals surface area contributed by atoms with Crippen molar-refractivity contribution < 1.29 is 23.8 Å². The van der Waals surface area contributed by atoms with Crippen LogP contribution < -0.4 is 14.8 Å². The minimum Gasteiger partial charge on any atom is -0.493 e. The maximum atomic E-state index is 11.9. The van der Waals surface area contributed by atoms with Crippen LogP contribution in [-0.4, -0.2) is 32.7 Å². The average Bonchev–Trinajstić information content (AvgIpc) is 2.66. The minimum absolute atomic E-state index is 0.0175. The molecule has 0 aliphatic heterocycles. The molecule has 0 bridgehead atoms. The highest BCUT2D eigenvalue weighted by molar-refractivity contribution is 6.32. The molecule has 27 heavy (non-hydrogen) atoms. The van der Waals surface area contributed by atoms with Gasteiger partial charge in [-0.05, 0) is 35.9 Å². The van der Waals surface area contributed by atoms with Crippen LogP contribution in [-0.2, 0) is 20.7 Å². The molecule has 2 rings (SSSR count). The zero-order valence-electron chi connectivity index (χ0n) is 14.7. The molecule has 0 aliphatic rings.